The lowest BCUT2D eigenvalue weighted by molar-refractivity contribution is -0.135. The van der Waals surface area contributed by atoms with Crippen molar-refractivity contribution in [3.63, 3.8) is 0 Å². The van der Waals surface area contributed by atoms with Crippen LogP contribution in [0, 0.1) is 5.92 Å². The molecular formula is C24H29ClN2O2. The Morgan fingerprint density at radius 2 is 1.72 bits per heavy atom. The number of carbonyl (C=O) groups is 2. The summed E-state index contributed by atoms with van der Waals surface area (Å²) < 4.78 is 0. The summed E-state index contributed by atoms with van der Waals surface area (Å²) in [5.74, 6) is 0.239. The van der Waals surface area contributed by atoms with Crippen LogP contribution in [-0.4, -0.2) is 35.8 Å². The van der Waals surface area contributed by atoms with Crippen LogP contribution in [0.1, 0.15) is 37.3 Å². The van der Waals surface area contributed by atoms with Gasteiger partial charge in [0, 0.05) is 36.5 Å². The van der Waals surface area contributed by atoms with E-state index in [1.165, 1.54) is 5.56 Å². The second kappa shape index (κ2) is 10.4. The molecule has 5 heteroatoms. The Balaban J connectivity index is 1.40. The molecule has 0 radical (unpaired) electrons. The maximum absolute atomic E-state index is 12.6. The van der Waals surface area contributed by atoms with Crippen LogP contribution >= 0.6 is 11.6 Å². The number of carbonyl (C=O) groups excluding carboxylic acids is 2. The van der Waals surface area contributed by atoms with Crippen molar-refractivity contribution < 1.29 is 9.59 Å². The molecular weight excluding hydrogens is 384 g/mol. The van der Waals surface area contributed by atoms with Crippen molar-refractivity contribution in [1.29, 1.82) is 0 Å². The minimum atomic E-state index is -0.0260. The van der Waals surface area contributed by atoms with Gasteiger partial charge in [-0.25, -0.2) is 0 Å². The van der Waals surface area contributed by atoms with Gasteiger partial charge in [-0.05, 0) is 49.8 Å². The van der Waals surface area contributed by atoms with E-state index in [0.717, 1.165) is 29.8 Å². The number of nitrogens with one attached hydrogen (secondary N) is 1. The zero-order valence-corrected chi connectivity index (χ0v) is 17.7. The molecule has 0 spiro atoms. The van der Waals surface area contributed by atoms with E-state index in [-0.39, 0.29) is 23.8 Å². The number of rotatable bonds is 7. The molecule has 0 bridgehead atoms. The van der Waals surface area contributed by atoms with Gasteiger partial charge in [0.25, 0.3) is 0 Å². The quantitative estimate of drug-likeness (QED) is 0.738. The number of aryl methyl sites for hydroxylation is 1. The molecule has 1 aliphatic heterocycles. The maximum Gasteiger partial charge on any atom is 0.223 e. The van der Waals surface area contributed by atoms with Gasteiger partial charge in [-0.1, -0.05) is 60.1 Å². The molecule has 1 N–H and O–H groups in total. The molecule has 2 aromatic carbocycles. The average Bonchev–Trinajstić information content (AvgIpc) is 2.74. The van der Waals surface area contributed by atoms with Gasteiger partial charge in [0.15, 0.2) is 0 Å². The predicted molar refractivity (Wildman–Crippen MR) is 117 cm³/mol. The summed E-state index contributed by atoms with van der Waals surface area (Å²) in [5, 5.41) is 3.85. The summed E-state index contributed by atoms with van der Waals surface area (Å²) in [4.78, 5) is 27.0. The van der Waals surface area contributed by atoms with E-state index in [2.05, 4.69) is 5.32 Å². The smallest absolute Gasteiger partial charge is 0.223 e. The number of likely N-dealkylation sites (tertiary alicyclic amines) is 1. The Labute approximate surface area is 178 Å². The van der Waals surface area contributed by atoms with Crippen LogP contribution in [0.3, 0.4) is 0 Å². The zero-order chi connectivity index (χ0) is 20.6. The van der Waals surface area contributed by atoms with E-state index in [4.69, 9.17) is 11.6 Å². The van der Waals surface area contributed by atoms with E-state index in [1.807, 2.05) is 66.4 Å². The molecule has 1 heterocycles. The third-order valence-corrected chi connectivity index (χ3v) is 5.93. The third kappa shape index (κ3) is 6.33. The zero-order valence-electron chi connectivity index (χ0n) is 16.9. The molecule has 0 aliphatic carbocycles. The monoisotopic (exact) mass is 412 g/mol. The minimum absolute atomic E-state index is 0.0212. The fourth-order valence-electron chi connectivity index (χ4n) is 3.85. The molecule has 1 atom stereocenters. The molecule has 4 nitrogen and oxygen atoms in total. The largest absolute Gasteiger partial charge is 0.353 e. The maximum atomic E-state index is 12.6. The van der Waals surface area contributed by atoms with Crippen molar-refractivity contribution >= 4 is 23.4 Å². The van der Waals surface area contributed by atoms with Gasteiger partial charge >= 0.3 is 0 Å². The number of benzene rings is 2. The van der Waals surface area contributed by atoms with Crippen LogP contribution in [0.2, 0.25) is 5.02 Å². The van der Waals surface area contributed by atoms with Gasteiger partial charge < -0.3 is 10.2 Å². The SMILES string of the molecule is CC(Cc1ccccc1Cl)NC(=O)C1CCN(C(=O)CCc2ccccc2)CC1. The first kappa shape index (κ1) is 21.4. The van der Waals surface area contributed by atoms with Crippen LogP contribution in [0.4, 0.5) is 0 Å². The Bertz CT molecular complexity index is 817. The minimum Gasteiger partial charge on any atom is -0.353 e. The Kier molecular flexibility index (Phi) is 7.70. The van der Waals surface area contributed by atoms with Crippen molar-refractivity contribution in [3.05, 3.63) is 70.7 Å². The molecule has 29 heavy (non-hydrogen) atoms. The van der Waals surface area contributed by atoms with E-state index in [1.54, 1.807) is 0 Å². The fourth-order valence-corrected chi connectivity index (χ4v) is 4.06. The summed E-state index contributed by atoms with van der Waals surface area (Å²) in [7, 11) is 0. The van der Waals surface area contributed by atoms with Gasteiger partial charge in [0.2, 0.25) is 11.8 Å². The fraction of sp³-hybridized carbons (Fsp3) is 0.417. The Morgan fingerprint density at radius 3 is 2.41 bits per heavy atom. The van der Waals surface area contributed by atoms with Gasteiger partial charge in [0.1, 0.15) is 0 Å². The van der Waals surface area contributed by atoms with E-state index in [9.17, 15) is 9.59 Å². The second-order valence-electron chi connectivity index (χ2n) is 7.85. The normalized spacial score (nSPS) is 15.7. The van der Waals surface area contributed by atoms with Crippen molar-refractivity contribution in [1.82, 2.24) is 10.2 Å². The first-order valence-corrected chi connectivity index (χ1v) is 10.8. The lowest BCUT2D eigenvalue weighted by Gasteiger charge is -2.32. The van der Waals surface area contributed by atoms with E-state index >= 15 is 0 Å². The molecule has 1 saturated heterocycles. The van der Waals surface area contributed by atoms with Gasteiger partial charge in [0.05, 0.1) is 0 Å². The molecule has 1 fully saturated rings. The van der Waals surface area contributed by atoms with Crippen LogP contribution < -0.4 is 5.32 Å². The molecule has 2 aromatic rings. The highest BCUT2D eigenvalue weighted by atomic mass is 35.5. The molecule has 1 aliphatic rings. The number of hydrogen-bond acceptors (Lipinski definition) is 2. The van der Waals surface area contributed by atoms with Gasteiger partial charge in [-0.3, -0.25) is 9.59 Å². The topological polar surface area (TPSA) is 49.4 Å². The van der Waals surface area contributed by atoms with Crippen LogP contribution in [0.25, 0.3) is 0 Å². The van der Waals surface area contributed by atoms with Crippen molar-refractivity contribution in [2.75, 3.05) is 13.1 Å². The Hall–Kier alpha value is -2.33. The van der Waals surface area contributed by atoms with Crippen molar-refractivity contribution in [2.45, 2.75) is 45.1 Å². The second-order valence-corrected chi connectivity index (χ2v) is 8.25. The first-order chi connectivity index (χ1) is 14.0. The molecule has 3 rings (SSSR count). The van der Waals surface area contributed by atoms with Crippen molar-refractivity contribution in [2.24, 2.45) is 5.92 Å². The van der Waals surface area contributed by atoms with E-state index in [0.29, 0.717) is 25.9 Å². The summed E-state index contributed by atoms with van der Waals surface area (Å²) in [6.45, 7) is 3.32. The summed E-state index contributed by atoms with van der Waals surface area (Å²) >= 11 is 6.21. The van der Waals surface area contributed by atoms with Gasteiger partial charge in [-0.15, -0.1) is 0 Å². The van der Waals surface area contributed by atoms with Crippen molar-refractivity contribution in [3.8, 4) is 0 Å². The number of piperidine rings is 1. The number of amides is 2. The highest BCUT2D eigenvalue weighted by Crippen LogP contribution is 2.20. The molecule has 0 aromatic heterocycles. The summed E-state index contributed by atoms with van der Waals surface area (Å²) in [6, 6.07) is 17.8. The average molecular weight is 413 g/mol. The first-order valence-electron chi connectivity index (χ1n) is 10.4. The highest BCUT2D eigenvalue weighted by molar-refractivity contribution is 6.31. The summed E-state index contributed by atoms with van der Waals surface area (Å²) in [5.41, 5.74) is 2.23. The Morgan fingerprint density at radius 1 is 1.07 bits per heavy atom. The summed E-state index contributed by atoms with van der Waals surface area (Å²) in [6.07, 6.45) is 3.45. The lowest BCUT2D eigenvalue weighted by atomic mass is 9.94. The van der Waals surface area contributed by atoms with Gasteiger partial charge in [-0.2, -0.15) is 0 Å². The van der Waals surface area contributed by atoms with Crippen LogP contribution in [0.5, 0.6) is 0 Å². The standard InChI is InChI=1S/C24H29ClN2O2/c1-18(17-21-9-5-6-10-22(21)25)26-24(29)20-13-15-27(16-14-20)23(28)12-11-19-7-3-2-4-8-19/h2-10,18,20H,11-17H2,1H3,(H,26,29). The lowest BCUT2D eigenvalue weighted by Crippen LogP contribution is -2.45. The molecule has 154 valence electrons. The highest BCUT2D eigenvalue weighted by Gasteiger charge is 2.27. The third-order valence-electron chi connectivity index (χ3n) is 5.56. The molecule has 1 unspecified atom stereocenters. The molecule has 0 saturated carbocycles. The number of hydrogen-bond donors (Lipinski definition) is 1. The van der Waals surface area contributed by atoms with E-state index < -0.39 is 0 Å². The predicted octanol–water partition coefficient (Wildman–Crippen LogP) is 4.26. The van der Waals surface area contributed by atoms with Crippen LogP contribution in [0.15, 0.2) is 54.6 Å². The van der Waals surface area contributed by atoms with Crippen LogP contribution in [-0.2, 0) is 22.4 Å². The number of nitrogens with zero attached hydrogens (tertiary/aromatic N) is 1. The number of halogens is 1. The molecule has 2 amide bonds.